The maximum atomic E-state index is 11.5. The van der Waals surface area contributed by atoms with Gasteiger partial charge < -0.3 is 4.90 Å². The standard InChI is InChI=1S/C12H11NOS/c1-13(2)10-5-3-4-9-8(10)6-7-11-12(9)15(11)14/h3-7H,1-2H3. The van der Waals surface area contributed by atoms with Gasteiger partial charge >= 0.3 is 0 Å². The first-order valence-corrected chi connectivity index (χ1v) is 6.00. The molecule has 0 radical (unpaired) electrons. The van der Waals surface area contributed by atoms with Gasteiger partial charge in [-0.25, -0.2) is 4.21 Å². The Morgan fingerprint density at radius 3 is 2.60 bits per heavy atom. The Labute approximate surface area is 91.0 Å². The fourth-order valence-corrected chi connectivity index (χ4v) is 3.13. The van der Waals surface area contributed by atoms with Gasteiger partial charge in [0.05, 0.1) is 20.6 Å². The Hall–Kier alpha value is -1.35. The van der Waals surface area contributed by atoms with Crippen molar-refractivity contribution in [3.8, 4) is 0 Å². The topological polar surface area (TPSA) is 20.3 Å². The molecule has 1 unspecified atom stereocenters. The Bertz CT molecular complexity index is 589. The van der Waals surface area contributed by atoms with Crippen molar-refractivity contribution < 1.29 is 4.21 Å². The predicted octanol–water partition coefficient (Wildman–Crippen LogP) is 2.39. The first kappa shape index (κ1) is 8.92. The van der Waals surface area contributed by atoms with Crippen molar-refractivity contribution in [2.24, 2.45) is 0 Å². The summed E-state index contributed by atoms with van der Waals surface area (Å²) in [6.07, 6.45) is 0. The number of rotatable bonds is 1. The van der Waals surface area contributed by atoms with Crippen molar-refractivity contribution in [2.45, 2.75) is 9.79 Å². The zero-order valence-electron chi connectivity index (χ0n) is 8.65. The van der Waals surface area contributed by atoms with Crippen LogP contribution in [-0.4, -0.2) is 18.3 Å². The van der Waals surface area contributed by atoms with Gasteiger partial charge in [0.25, 0.3) is 0 Å². The molecule has 0 aromatic heterocycles. The van der Waals surface area contributed by atoms with Crippen molar-refractivity contribution in [1.29, 1.82) is 0 Å². The zero-order chi connectivity index (χ0) is 10.6. The van der Waals surface area contributed by atoms with Gasteiger partial charge in [0.2, 0.25) is 0 Å². The highest BCUT2D eigenvalue weighted by Gasteiger charge is 2.31. The first-order chi connectivity index (χ1) is 7.20. The van der Waals surface area contributed by atoms with Gasteiger partial charge in [0, 0.05) is 30.6 Å². The molecule has 1 aliphatic heterocycles. The van der Waals surface area contributed by atoms with E-state index in [4.69, 9.17) is 0 Å². The molecular formula is C12H11NOS. The molecule has 1 heterocycles. The van der Waals surface area contributed by atoms with Crippen LogP contribution in [0.2, 0.25) is 0 Å². The van der Waals surface area contributed by atoms with Crippen LogP contribution in [0.15, 0.2) is 40.1 Å². The summed E-state index contributed by atoms with van der Waals surface area (Å²) in [5.74, 6) is 0. The van der Waals surface area contributed by atoms with Crippen LogP contribution in [0.5, 0.6) is 0 Å². The molecule has 0 saturated carbocycles. The normalized spacial score (nSPS) is 17.6. The minimum absolute atomic E-state index is 0.829. The number of nitrogens with zero attached hydrogens (tertiary/aromatic N) is 1. The molecule has 1 aliphatic rings. The highest BCUT2D eigenvalue weighted by Crippen LogP contribution is 2.43. The van der Waals surface area contributed by atoms with Crippen molar-refractivity contribution >= 4 is 27.3 Å². The first-order valence-electron chi connectivity index (χ1n) is 4.85. The van der Waals surface area contributed by atoms with E-state index >= 15 is 0 Å². The Morgan fingerprint density at radius 2 is 1.87 bits per heavy atom. The van der Waals surface area contributed by atoms with Crippen molar-refractivity contribution in [3.63, 3.8) is 0 Å². The Kier molecular flexibility index (Phi) is 1.68. The summed E-state index contributed by atoms with van der Waals surface area (Å²) >= 11 is 0. The lowest BCUT2D eigenvalue weighted by atomic mass is 10.1. The highest BCUT2D eigenvalue weighted by molar-refractivity contribution is 7.91. The molecule has 0 fully saturated rings. The van der Waals surface area contributed by atoms with Crippen LogP contribution in [0.25, 0.3) is 10.8 Å². The third-order valence-corrected chi connectivity index (χ3v) is 4.12. The molecule has 0 saturated heterocycles. The van der Waals surface area contributed by atoms with Gasteiger partial charge in [0.1, 0.15) is 0 Å². The van der Waals surface area contributed by atoms with Gasteiger partial charge in [-0.2, -0.15) is 0 Å². The lowest BCUT2D eigenvalue weighted by Gasteiger charge is -2.14. The summed E-state index contributed by atoms with van der Waals surface area (Å²) in [4.78, 5) is 4.11. The van der Waals surface area contributed by atoms with E-state index < -0.39 is 10.8 Å². The van der Waals surface area contributed by atoms with Gasteiger partial charge in [0.15, 0.2) is 0 Å². The van der Waals surface area contributed by atoms with Crippen LogP contribution < -0.4 is 4.90 Å². The lowest BCUT2D eigenvalue weighted by Crippen LogP contribution is -2.08. The van der Waals surface area contributed by atoms with E-state index in [1.54, 1.807) is 0 Å². The molecule has 3 heteroatoms. The largest absolute Gasteiger partial charge is 0.377 e. The maximum Gasteiger partial charge on any atom is 0.0881 e. The average molecular weight is 217 g/mol. The number of hydrogen-bond acceptors (Lipinski definition) is 2. The van der Waals surface area contributed by atoms with Crippen LogP contribution in [0.1, 0.15) is 0 Å². The number of benzene rings is 2. The lowest BCUT2D eigenvalue weighted by molar-refractivity contribution is 0.693. The molecule has 3 rings (SSSR count). The van der Waals surface area contributed by atoms with E-state index in [2.05, 4.69) is 17.0 Å². The fourth-order valence-electron chi connectivity index (χ4n) is 1.99. The Balaban J connectivity index is 2.40. The number of hydrogen-bond donors (Lipinski definition) is 0. The second kappa shape index (κ2) is 2.83. The third kappa shape index (κ3) is 1.13. The molecule has 2 aromatic carbocycles. The summed E-state index contributed by atoms with van der Waals surface area (Å²) in [6.45, 7) is 0. The average Bonchev–Trinajstić information content (AvgIpc) is 2.89. The molecule has 0 N–H and O–H groups in total. The summed E-state index contributed by atoms with van der Waals surface area (Å²) in [7, 11) is 3.22. The molecule has 0 spiro atoms. The van der Waals surface area contributed by atoms with Crippen molar-refractivity contribution in [1.82, 2.24) is 0 Å². The predicted molar refractivity (Wildman–Crippen MR) is 62.9 cm³/mol. The molecule has 0 aliphatic carbocycles. The monoisotopic (exact) mass is 217 g/mol. The van der Waals surface area contributed by atoms with Gasteiger partial charge in [-0.1, -0.05) is 18.2 Å². The fraction of sp³-hybridized carbons (Fsp3) is 0.167. The summed E-state index contributed by atoms with van der Waals surface area (Å²) in [5, 5.41) is 2.32. The quantitative estimate of drug-likeness (QED) is 0.583. The molecule has 2 aromatic rings. The second-order valence-corrected chi connectivity index (χ2v) is 5.31. The van der Waals surface area contributed by atoms with Crippen molar-refractivity contribution in [3.05, 3.63) is 30.3 Å². The van der Waals surface area contributed by atoms with E-state index in [1.807, 2.05) is 32.3 Å². The van der Waals surface area contributed by atoms with Crippen molar-refractivity contribution in [2.75, 3.05) is 19.0 Å². The van der Waals surface area contributed by atoms with Gasteiger partial charge in [-0.05, 0) is 12.1 Å². The van der Waals surface area contributed by atoms with Crippen LogP contribution in [-0.2, 0) is 10.8 Å². The molecule has 2 nitrogen and oxygen atoms in total. The summed E-state index contributed by atoms with van der Waals surface area (Å²) in [6, 6.07) is 10.2. The van der Waals surface area contributed by atoms with E-state index in [9.17, 15) is 4.21 Å². The minimum Gasteiger partial charge on any atom is -0.377 e. The summed E-state index contributed by atoms with van der Waals surface area (Å²) < 4.78 is 11.5. The van der Waals surface area contributed by atoms with E-state index in [1.165, 1.54) is 11.1 Å². The van der Waals surface area contributed by atoms with E-state index in [-0.39, 0.29) is 0 Å². The molecule has 1 atom stereocenters. The van der Waals surface area contributed by atoms with Crippen LogP contribution in [0, 0.1) is 0 Å². The molecular weight excluding hydrogens is 206 g/mol. The number of fused-ring (bicyclic) bond motifs is 3. The SMILES string of the molecule is CN(C)c1cccc2c3c(ccc12)S3=O. The van der Waals surface area contributed by atoms with E-state index in [0.29, 0.717) is 0 Å². The smallest absolute Gasteiger partial charge is 0.0881 e. The molecule has 0 amide bonds. The highest BCUT2D eigenvalue weighted by atomic mass is 32.2. The maximum absolute atomic E-state index is 11.5. The third-order valence-electron chi connectivity index (χ3n) is 2.78. The van der Waals surface area contributed by atoms with Crippen LogP contribution >= 0.6 is 0 Å². The van der Waals surface area contributed by atoms with E-state index in [0.717, 1.165) is 15.2 Å². The zero-order valence-corrected chi connectivity index (χ0v) is 9.47. The molecule has 76 valence electrons. The number of anilines is 1. The second-order valence-electron chi connectivity index (χ2n) is 3.93. The van der Waals surface area contributed by atoms with Crippen LogP contribution in [0.3, 0.4) is 0 Å². The van der Waals surface area contributed by atoms with Crippen LogP contribution in [0.4, 0.5) is 5.69 Å². The minimum atomic E-state index is -0.829. The molecule has 15 heavy (non-hydrogen) atoms. The summed E-state index contributed by atoms with van der Waals surface area (Å²) in [5.41, 5.74) is 1.18. The Morgan fingerprint density at radius 1 is 1.07 bits per heavy atom. The van der Waals surface area contributed by atoms with Gasteiger partial charge in [-0.15, -0.1) is 0 Å². The van der Waals surface area contributed by atoms with Gasteiger partial charge in [-0.3, -0.25) is 0 Å². The molecule has 0 bridgehead atoms.